The summed E-state index contributed by atoms with van der Waals surface area (Å²) in [7, 11) is 1.79. The number of H-pyrrole nitrogens is 1. The van der Waals surface area contributed by atoms with Crippen LogP contribution in [0.5, 0.6) is 5.75 Å². The van der Waals surface area contributed by atoms with E-state index in [-0.39, 0.29) is 12.5 Å². The predicted molar refractivity (Wildman–Crippen MR) is 75.1 cm³/mol. The van der Waals surface area contributed by atoms with Gasteiger partial charge >= 0.3 is 0 Å². The van der Waals surface area contributed by atoms with Crippen LogP contribution in [0.2, 0.25) is 0 Å². The van der Waals surface area contributed by atoms with Crippen LogP contribution in [-0.4, -0.2) is 56.0 Å². The van der Waals surface area contributed by atoms with Crippen LogP contribution >= 0.6 is 0 Å². The molecule has 1 aliphatic heterocycles. The summed E-state index contributed by atoms with van der Waals surface area (Å²) in [6, 6.07) is 0. The molecule has 21 heavy (non-hydrogen) atoms. The first-order chi connectivity index (χ1) is 10.0. The second-order valence-corrected chi connectivity index (χ2v) is 5.34. The summed E-state index contributed by atoms with van der Waals surface area (Å²) in [6.45, 7) is 2.51. The van der Waals surface area contributed by atoms with Crippen LogP contribution in [0.4, 0.5) is 0 Å². The van der Waals surface area contributed by atoms with E-state index in [1.54, 1.807) is 41.4 Å². The number of aromatic amines is 1. The van der Waals surface area contributed by atoms with Crippen LogP contribution in [0.25, 0.3) is 0 Å². The molecule has 1 aliphatic rings. The van der Waals surface area contributed by atoms with E-state index in [1.165, 1.54) is 0 Å². The van der Waals surface area contributed by atoms with Gasteiger partial charge in [-0.1, -0.05) is 0 Å². The molecule has 0 unspecified atom stereocenters. The number of aryl methyl sites for hydroxylation is 2. The van der Waals surface area contributed by atoms with Crippen molar-refractivity contribution >= 4 is 5.91 Å². The number of aliphatic hydroxyl groups excluding tert-OH is 1. The lowest BCUT2D eigenvalue weighted by Crippen LogP contribution is -2.31. The van der Waals surface area contributed by atoms with Gasteiger partial charge in [-0.3, -0.25) is 9.48 Å². The first-order valence-electron chi connectivity index (χ1n) is 6.80. The normalized spacial score (nSPS) is 21.8. The molecule has 1 amide bonds. The Hall–Kier alpha value is -2.28. The minimum Gasteiger partial charge on any atom is -0.482 e. The molecule has 0 spiro atoms. The monoisotopic (exact) mass is 290 g/mol. The molecule has 0 saturated carbocycles. The molecule has 1 fully saturated rings. The lowest BCUT2D eigenvalue weighted by atomic mass is 10.2. The Morgan fingerprint density at radius 3 is 2.90 bits per heavy atom. The van der Waals surface area contributed by atoms with Crippen LogP contribution in [0.15, 0.2) is 24.8 Å². The zero-order valence-corrected chi connectivity index (χ0v) is 12.0. The Kier molecular flexibility index (Phi) is 3.42. The van der Waals surface area contributed by atoms with Crippen molar-refractivity contribution in [1.29, 1.82) is 0 Å². The highest BCUT2D eigenvalue weighted by atomic mass is 16.5. The number of likely N-dealkylation sites (tertiary alicyclic amines) is 1. The number of aliphatic hydroxyl groups is 1. The van der Waals surface area contributed by atoms with Crippen molar-refractivity contribution in [3.05, 3.63) is 35.9 Å². The van der Waals surface area contributed by atoms with Crippen molar-refractivity contribution in [3.63, 3.8) is 0 Å². The Bertz CT molecular complexity index is 648. The molecule has 2 aromatic heterocycles. The maximum Gasteiger partial charge on any atom is 0.255 e. The van der Waals surface area contributed by atoms with Gasteiger partial charge in [-0.2, -0.15) is 5.10 Å². The van der Waals surface area contributed by atoms with Gasteiger partial charge in [0.05, 0.1) is 31.0 Å². The van der Waals surface area contributed by atoms with Crippen LogP contribution < -0.4 is 4.74 Å². The average molecular weight is 290 g/mol. The van der Waals surface area contributed by atoms with Crippen molar-refractivity contribution in [3.8, 4) is 5.75 Å². The number of carbonyl (C=O) groups is 1. The van der Waals surface area contributed by atoms with E-state index in [2.05, 4.69) is 10.1 Å². The van der Waals surface area contributed by atoms with E-state index in [4.69, 9.17) is 4.74 Å². The van der Waals surface area contributed by atoms with Crippen molar-refractivity contribution in [2.45, 2.75) is 19.1 Å². The molecule has 7 heteroatoms. The molecule has 7 nitrogen and oxygen atoms in total. The molecule has 1 saturated heterocycles. The number of rotatable bonds is 3. The van der Waals surface area contributed by atoms with Crippen molar-refractivity contribution < 1.29 is 14.6 Å². The number of ether oxygens (including phenoxy) is 1. The number of amides is 1. The zero-order valence-electron chi connectivity index (χ0n) is 12.0. The molecular weight excluding hydrogens is 272 g/mol. The largest absolute Gasteiger partial charge is 0.482 e. The highest BCUT2D eigenvalue weighted by Crippen LogP contribution is 2.20. The molecule has 2 aromatic rings. The van der Waals surface area contributed by atoms with Crippen LogP contribution in [-0.2, 0) is 7.05 Å². The van der Waals surface area contributed by atoms with Crippen LogP contribution in [0, 0.1) is 6.92 Å². The molecule has 112 valence electrons. The molecule has 2 atom stereocenters. The highest BCUT2D eigenvalue weighted by Gasteiger charge is 2.36. The number of β-amino-alcohol motifs (C(OH)–C–C–N with tert-alkyl or cyclic N) is 1. The van der Waals surface area contributed by atoms with Gasteiger partial charge in [0.2, 0.25) is 0 Å². The maximum atomic E-state index is 12.4. The minimum absolute atomic E-state index is 0.0925. The van der Waals surface area contributed by atoms with E-state index in [1.807, 2.05) is 6.92 Å². The maximum absolute atomic E-state index is 12.4. The second-order valence-electron chi connectivity index (χ2n) is 5.34. The van der Waals surface area contributed by atoms with E-state index >= 15 is 0 Å². The van der Waals surface area contributed by atoms with Gasteiger partial charge in [-0.15, -0.1) is 0 Å². The van der Waals surface area contributed by atoms with E-state index in [0.717, 1.165) is 5.56 Å². The summed E-state index contributed by atoms with van der Waals surface area (Å²) < 4.78 is 7.33. The molecule has 0 bridgehead atoms. The third kappa shape index (κ3) is 2.64. The Balaban J connectivity index is 1.68. The summed E-state index contributed by atoms with van der Waals surface area (Å²) in [5.41, 5.74) is 1.52. The van der Waals surface area contributed by atoms with Crippen LogP contribution in [0.3, 0.4) is 0 Å². The van der Waals surface area contributed by atoms with Gasteiger partial charge in [0.1, 0.15) is 12.2 Å². The fourth-order valence-corrected chi connectivity index (χ4v) is 2.52. The topological polar surface area (TPSA) is 83.4 Å². The number of aromatic nitrogens is 3. The first kappa shape index (κ1) is 13.7. The fourth-order valence-electron chi connectivity index (χ4n) is 2.52. The Labute approximate surface area is 122 Å². The second kappa shape index (κ2) is 5.25. The molecule has 3 heterocycles. The fraction of sp³-hybridized carbons (Fsp3) is 0.429. The van der Waals surface area contributed by atoms with Gasteiger partial charge in [-0.25, -0.2) is 0 Å². The number of hydrogen-bond donors (Lipinski definition) is 2. The first-order valence-corrected chi connectivity index (χ1v) is 6.80. The summed E-state index contributed by atoms with van der Waals surface area (Å²) in [4.78, 5) is 16.9. The van der Waals surface area contributed by atoms with Gasteiger partial charge in [-0.05, 0) is 12.5 Å². The molecule has 0 aliphatic carbocycles. The van der Waals surface area contributed by atoms with Gasteiger partial charge < -0.3 is 19.7 Å². The van der Waals surface area contributed by atoms with Crippen molar-refractivity contribution in [2.75, 3.05) is 13.1 Å². The van der Waals surface area contributed by atoms with Crippen molar-refractivity contribution in [1.82, 2.24) is 19.7 Å². The van der Waals surface area contributed by atoms with Gasteiger partial charge in [0.15, 0.2) is 5.75 Å². The zero-order chi connectivity index (χ0) is 15.0. The number of hydrogen-bond acceptors (Lipinski definition) is 4. The molecular formula is C14H18N4O3. The smallest absolute Gasteiger partial charge is 0.255 e. The number of nitrogens with zero attached hydrogens (tertiary/aromatic N) is 3. The summed E-state index contributed by atoms with van der Waals surface area (Å²) in [5.74, 6) is 0.499. The average Bonchev–Trinajstić information content (AvgIpc) is 3.12. The summed E-state index contributed by atoms with van der Waals surface area (Å²) in [6.07, 6.45) is 5.65. The lowest BCUT2D eigenvalue weighted by Gasteiger charge is -2.16. The van der Waals surface area contributed by atoms with Gasteiger partial charge in [0, 0.05) is 19.4 Å². The van der Waals surface area contributed by atoms with Crippen LogP contribution in [0.1, 0.15) is 15.9 Å². The highest BCUT2D eigenvalue weighted by molar-refractivity contribution is 5.95. The summed E-state index contributed by atoms with van der Waals surface area (Å²) >= 11 is 0. The predicted octanol–water partition coefficient (Wildman–Crippen LogP) is 0.321. The van der Waals surface area contributed by atoms with Gasteiger partial charge in [0.25, 0.3) is 5.91 Å². The molecule has 2 N–H and O–H groups in total. The SMILES string of the molecule is Cc1c[nH]cc1C(=O)N1C[C@@H](O)[C@H](Oc2cnn(C)c2)C1. The van der Waals surface area contributed by atoms with Crippen molar-refractivity contribution in [2.24, 2.45) is 7.05 Å². The van der Waals surface area contributed by atoms with E-state index in [0.29, 0.717) is 17.9 Å². The summed E-state index contributed by atoms with van der Waals surface area (Å²) in [5, 5.41) is 14.1. The lowest BCUT2D eigenvalue weighted by molar-refractivity contribution is 0.0729. The number of carbonyl (C=O) groups excluding carboxylic acids is 1. The van der Waals surface area contributed by atoms with E-state index in [9.17, 15) is 9.90 Å². The van der Waals surface area contributed by atoms with E-state index < -0.39 is 12.2 Å². The molecule has 0 aromatic carbocycles. The minimum atomic E-state index is -0.701. The third-order valence-electron chi connectivity index (χ3n) is 3.68. The Morgan fingerprint density at radius 2 is 2.29 bits per heavy atom. The third-order valence-corrected chi connectivity index (χ3v) is 3.68. The quantitative estimate of drug-likeness (QED) is 0.853. The Morgan fingerprint density at radius 1 is 1.48 bits per heavy atom. The number of nitrogens with one attached hydrogen (secondary N) is 1. The molecule has 3 rings (SSSR count). The standard InChI is InChI=1S/C14H18N4O3/c1-9-3-15-5-11(9)14(20)18-7-12(19)13(8-18)21-10-4-16-17(2)6-10/h3-6,12-13,15,19H,7-8H2,1-2H3/t12-,13-/m1/s1. The molecule has 0 radical (unpaired) electrons.